The van der Waals surface area contributed by atoms with Crippen molar-refractivity contribution in [2.24, 2.45) is 0 Å². The Morgan fingerprint density at radius 3 is 2.57 bits per heavy atom. The van der Waals surface area contributed by atoms with Crippen molar-refractivity contribution in [3.8, 4) is 11.1 Å². The van der Waals surface area contributed by atoms with Crippen molar-refractivity contribution in [3.63, 3.8) is 0 Å². The molecular weight excluding hydrogens is 293 g/mol. The van der Waals surface area contributed by atoms with Crippen LogP contribution < -0.4 is 10.6 Å². The molecule has 4 nitrogen and oxygen atoms in total. The van der Waals surface area contributed by atoms with Gasteiger partial charge in [0, 0.05) is 16.8 Å². The van der Waals surface area contributed by atoms with Gasteiger partial charge in [0.2, 0.25) is 0 Å². The number of nitrogens with zero attached hydrogens (tertiary/aromatic N) is 2. The van der Waals surface area contributed by atoms with Crippen LogP contribution in [0.1, 0.15) is 18.5 Å². The molecule has 2 N–H and O–H groups in total. The maximum Gasteiger partial charge on any atom is 0.153 e. The molecule has 0 radical (unpaired) electrons. The second-order valence-electron chi connectivity index (χ2n) is 6.36. The number of benzene rings is 1. The highest BCUT2D eigenvalue weighted by Crippen LogP contribution is 2.40. The van der Waals surface area contributed by atoms with Gasteiger partial charge in [-0.3, -0.25) is 0 Å². The molecule has 2 aliphatic heterocycles. The molecule has 0 aliphatic carbocycles. The molecule has 2 aromatic rings. The number of hydrogen-bond donors (Lipinski definition) is 1. The topological polar surface area (TPSA) is 51.4 Å². The summed E-state index contributed by atoms with van der Waals surface area (Å²) in [4.78, 5) is 6.96. The number of nitrogen functional groups attached to an aromatic ring is 1. The molecule has 2 atom stereocenters. The summed E-state index contributed by atoms with van der Waals surface area (Å²) in [6.07, 6.45) is 2.18. The molecule has 0 saturated carbocycles. The molecular formula is C18H20FN3O. The minimum absolute atomic E-state index is 0.263. The van der Waals surface area contributed by atoms with Crippen LogP contribution in [0.2, 0.25) is 0 Å². The van der Waals surface area contributed by atoms with Gasteiger partial charge in [0.25, 0.3) is 0 Å². The first-order valence-electron chi connectivity index (χ1n) is 8.03. The lowest BCUT2D eigenvalue weighted by Gasteiger charge is -2.36. The monoisotopic (exact) mass is 313 g/mol. The van der Waals surface area contributed by atoms with Crippen molar-refractivity contribution >= 4 is 11.5 Å². The van der Waals surface area contributed by atoms with Crippen molar-refractivity contribution in [2.45, 2.75) is 31.8 Å². The average Bonchev–Trinajstić information content (AvgIpc) is 2.78. The predicted molar refractivity (Wildman–Crippen MR) is 88.9 cm³/mol. The van der Waals surface area contributed by atoms with Gasteiger partial charge in [-0.25, -0.2) is 9.37 Å². The fourth-order valence-electron chi connectivity index (χ4n) is 3.74. The number of morpholine rings is 1. The summed E-state index contributed by atoms with van der Waals surface area (Å²) in [5.74, 6) is 0.514. The third-order valence-corrected chi connectivity index (χ3v) is 4.82. The zero-order valence-corrected chi connectivity index (χ0v) is 13.1. The van der Waals surface area contributed by atoms with Gasteiger partial charge in [-0.2, -0.15) is 0 Å². The lowest BCUT2D eigenvalue weighted by molar-refractivity contribution is 0.0903. The minimum Gasteiger partial charge on any atom is -0.395 e. The first-order valence-corrected chi connectivity index (χ1v) is 8.03. The molecule has 5 heteroatoms. The number of aromatic nitrogens is 1. The van der Waals surface area contributed by atoms with Gasteiger partial charge in [0.1, 0.15) is 5.82 Å². The Hall–Kier alpha value is -2.14. The highest BCUT2D eigenvalue weighted by molar-refractivity contribution is 5.85. The van der Waals surface area contributed by atoms with E-state index >= 15 is 0 Å². The number of halogens is 1. The number of ether oxygens (including phenoxy) is 1. The Balaban J connectivity index is 1.85. The SMILES string of the molecule is Cc1cc(-c2ccccc2F)c(N)c(N2C3CCC2COC3)n1. The maximum absolute atomic E-state index is 14.2. The minimum atomic E-state index is -0.263. The van der Waals surface area contributed by atoms with E-state index in [-0.39, 0.29) is 5.82 Å². The van der Waals surface area contributed by atoms with Crippen LogP contribution in [0.4, 0.5) is 15.9 Å². The first kappa shape index (κ1) is 14.5. The van der Waals surface area contributed by atoms with Crippen LogP contribution in [0.15, 0.2) is 30.3 Å². The first-order chi connectivity index (χ1) is 11.1. The van der Waals surface area contributed by atoms with Crippen LogP contribution in [0, 0.1) is 12.7 Å². The maximum atomic E-state index is 14.2. The summed E-state index contributed by atoms with van der Waals surface area (Å²) in [7, 11) is 0. The molecule has 2 bridgehead atoms. The molecule has 1 aromatic carbocycles. The van der Waals surface area contributed by atoms with E-state index in [4.69, 9.17) is 10.5 Å². The third kappa shape index (κ3) is 2.36. The molecule has 2 unspecified atom stereocenters. The lowest BCUT2D eigenvalue weighted by Crippen LogP contribution is -2.46. The number of anilines is 2. The Morgan fingerprint density at radius 2 is 1.87 bits per heavy atom. The summed E-state index contributed by atoms with van der Waals surface area (Å²) >= 11 is 0. The van der Waals surface area contributed by atoms with Gasteiger partial charge in [-0.1, -0.05) is 18.2 Å². The lowest BCUT2D eigenvalue weighted by atomic mass is 10.0. The van der Waals surface area contributed by atoms with E-state index in [0.29, 0.717) is 36.5 Å². The number of pyridine rings is 1. The van der Waals surface area contributed by atoms with Crippen LogP contribution in [0.3, 0.4) is 0 Å². The molecule has 2 saturated heterocycles. The fraction of sp³-hybridized carbons (Fsp3) is 0.389. The van der Waals surface area contributed by atoms with Crippen LogP contribution in [-0.4, -0.2) is 30.3 Å². The van der Waals surface area contributed by atoms with E-state index in [9.17, 15) is 4.39 Å². The van der Waals surface area contributed by atoms with Crippen molar-refractivity contribution in [3.05, 3.63) is 41.8 Å². The summed E-state index contributed by atoms with van der Waals surface area (Å²) in [5, 5.41) is 0. The van der Waals surface area contributed by atoms with Gasteiger partial charge in [0.15, 0.2) is 5.82 Å². The average molecular weight is 313 g/mol. The summed E-state index contributed by atoms with van der Waals surface area (Å²) in [6, 6.07) is 9.23. The number of nitrogens with two attached hydrogens (primary N) is 1. The largest absolute Gasteiger partial charge is 0.395 e. The second kappa shape index (κ2) is 5.49. The van der Waals surface area contributed by atoms with E-state index in [0.717, 1.165) is 29.9 Å². The van der Waals surface area contributed by atoms with E-state index in [1.807, 2.05) is 19.1 Å². The number of hydrogen-bond acceptors (Lipinski definition) is 4. The van der Waals surface area contributed by atoms with E-state index < -0.39 is 0 Å². The highest BCUT2D eigenvalue weighted by Gasteiger charge is 2.39. The van der Waals surface area contributed by atoms with Gasteiger partial charge < -0.3 is 15.4 Å². The Labute approximate surface area is 135 Å². The van der Waals surface area contributed by atoms with Crippen molar-refractivity contribution in [1.82, 2.24) is 4.98 Å². The van der Waals surface area contributed by atoms with E-state index in [1.165, 1.54) is 6.07 Å². The smallest absolute Gasteiger partial charge is 0.153 e. The molecule has 0 spiro atoms. The predicted octanol–water partition coefficient (Wildman–Crippen LogP) is 3.15. The normalized spacial score (nSPS) is 23.3. The highest BCUT2D eigenvalue weighted by atomic mass is 19.1. The zero-order chi connectivity index (χ0) is 16.0. The molecule has 120 valence electrons. The van der Waals surface area contributed by atoms with Crippen LogP contribution in [0.25, 0.3) is 11.1 Å². The van der Waals surface area contributed by atoms with Crippen LogP contribution >= 0.6 is 0 Å². The van der Waals surface area contributed by atoms with E-state index in [2.05, 4.69) is 9.88 Å². The fourth-order valence-corrected chi connectivity index (χ4v) is 3.74. The summed E-state index contributed by atoms with van der Waals surface area (Å²) in [6.45, 7) is 3.34. The number of fused-ring (bicyclic) bond motifs is 2. The summed E-state index contributed by atoms with van der Waals surface area (Å²) in [5.41, 5.74) is 9.07. The second-order valence-corrected chi connectivity index (χ2v) is 6.36. The molecule has 3 heterocycles. The molecule has 2 aliphatic rings. The van der Waals surface area contributed by atoms with Crippen molar-refractivity contribution in [1.29, 1.82) is 0 Å². The van der Waals surface area contributed by atoms with Crippen molar-refractivity contribution in [2.75, 3.05) is 23.8 Å². The molecule has 23 heavy (non-hydrogen) atoms. The molecule has 4 rings (SSSR count). The molecule has 1 aromatic heterocycles. The quantitative estimate of drug-likeness (QED) is 0.925. The van der Waals surface area contributed by atoms with Crippen LogP contribution in [0.5, 0.6) is 0 Å². The molecule has 0 amide bonds. The standard InChI is InChI=1S/C18H20FN3O/c1-11-8-15(14-4-2-3-5-16(14)19)17(20)18(21-11)22-12-6-7-13(22)10-23-9-12/h2-5,8,12-13H,6-7,9-10,20H2,1H3. The zero-order valence-electron chi connectivity index (χ0n) is 13.1. The van der Waals surface area contributed by atoms with Crippen LogP contribution in [-0.2, 0) is 4.74 Å². The van der Waals surface area contributed by atoms with Gasteiger partial charge in [-0.05, 0) is 31.9 Å². The van der Waals surface area contributed by atoms with Gasteiger partial charge in [-0.15, -0.1) is 0 Å². The summed E-state index contributed by atoms with van der Waals surface area (Å²) < 4.78 is 19.9. The van der Waals surface area contributed by atoms with Crippen molar-refractivity contribution < 1.29 is 9.13 Å². The number of aryl methyl sites for hydroxylation is 1. The third-order valence-electron chi connectivity index (χ3n) is 4.82. The number of rotatable bonds is 2. The Bertz CT molecular complexity index is 733. The van der Waals surface area contributed by atoms with Gasteiger partial charge in [0.05, 0.1) is 31.0 Å². The Kier molecular flexibility index (Phi) is 3.45. The molecule has 2 fully saturated rings. The van der Waals surface area contributed by atoms with E-state index in [1.54, 1.807) is 12.1 Å². The van der Waals surface area contributed by atoms with Gasteiger partial charge >= 0.3 is 0 Å². The Morgan fingerprint density at radius 1 is 1.17 bits per heavy atom.